The van der Waals surface area contributed by atoms with E-state index < -0.39 is 35.7 Å². The molecule has 17 heteroatoms. The van der Waals surface area contributed by atoms with Crippen LogP contribution in [-0.2, 0) is 41.6 Å². The Hall–Kier alpha value is -5.74. The summed E-state index contributed by atoms with van der Waals surface area (Å²) in [5.41, 5.74) is 3.12. The number of carbonyl (C=O) groups is 7. The highest BCUT2D eigenvalue weighted by Crippen LogP contribution is 2.40. The fourth-order valence-electron chi connectivity index (χ4n) is 11.5. The lowest BCUT2D eigenvalue weighted by Gasteiger charge is -2.38. The minimum atomic E-state index is -0.843. The number of amides is 6. The van der Waals surface area contributed by atoms with Crippen molar-refractivity contribution in [3.63, 3.8) is 0 Å². The highest BCUT2D eigenvalue weighted by atomic mass is 16.4. The van der Waals surface area contributed by atoms with Crippen molar-refractivity contribution in [3.8, 4) is 0 Å². The van der Waals surface area contributed by atoms with Crippen molar-refractivity contribution in [1.82, 2.24) is 29.4 Å². The summed E-state index contributed by atoms with van der Waals surface area (Å²) in [5.74, 6) is -2.25. The maximum absolute atomic E-state index is 14.5. The smallest absolute Gasteiger partial charge is 0.349 e. The predicted octanol–water partition coefficient (Wildman–Crippen LogP) is 2.55. The van der Waals surface area contributed by atoms with Crippen LogP contribution in [0.15, 0.2) is 33.2 Å². The van der Waals surface area contributed by atoms with Gasteiger partial charge in [-0.2, -0.15) is 0 Å². The number of likely N-dealkylation sites (tertiary alicyclic amines) is 4. The second kappa shape index (κ2) is 18.0. The SMILES string of the molecule is CC(=O)/C=C(/O)CCC(=O)N1CCN(C(=O)C2CCCN2C(=O)C2CCCN2C(=O)C2CCCN2C(=O)C2CCCN2C(=O)c2cc3cc4c5c(c3oc2=O)CCCN5CCC4)CC1. The summed E-state index contributed by atoms with van der Waals surface area (Å²) in [6.45, 7) is 5.89. The lowest BCUT2D eigenvalue weighted by molar-refractivity contribution is -0.153. The number of rotatable bonds is 9. The molecule has 5 fully saturated rings. The number of aryl methyl sites for hydroxylation is 2. The zero-order chi connectivity index (χ0) is 44.8. The topological polar surface area (TPSA) is 193 Å². The number of allylic oxidation sites excluding steroid dienone is 2. The highest BCUT2D eigenvalue weighted by Gasteiger charge is 2.48. The molecule has 8 heterocycles. The maximum Gasteiger partial charge on any atom is 0.349 e. The molecule has 5 saturated heterocycles. The van der Waals surface area contributed by atoms with Crippen LogP contribution in [0.25, 0.3) is 11.0 Å². The average molecular weight is 882 g/mol. The van der Waals surface area contributed by atoms with E-state index in [1.54, 1.807) is 30.6 Å². The van der Waals surface area contributed by atoms with E-state index in [4.69, 9.17) is 4.42 Å². The molecule has 17 nitrogen and oxygen atoms in total. The molecular weight excluding hydrogens is 823 g/mol. The Balaban J connectivity index is 0.838. The maximum atomic E-state index is 14.5. The molecule has 4 atom stereocenters. The summed E-state index contributed by atoms with van der Waals surface area (Å²) >= 11 is 0. The van der Waals surface area contributed by atoms with Crippen LogP contribution in [0, 0.1) is 0 Å². The number of fused-ring (bicyclic) bond motifs is 2. The Labute approximate surface area is 371 Å². The summed E-state index contributed by atoms with van der Waals surface area (Å²) in [6, 6.07) is 0.600. The highest BCUT2D eigenvalue weighted by molar-refractivity contribution is 6.02. The zero-order valence-electron chi connectivity index (χ0n) is 36.8. The molecular formula is C47H59N7O10. The van der Waals surface area contributed by atoms with E-state index in [2.05, 4.69) is 4.90 Å². The summed E-state index contributed by atoms with van der Waals surface area (Å²) < 4.78 is 5.94. The summed E-state index contributed by atoms with van der Waals surface area (Å²) in [5, 5.41) is 10.6. The number of hydrogen-bond donors (Lipinski definition) is 1. The molecule has 2 aromatic rings. The van der Waals surface area contributed by atoms with Crippen LogP contribution in [0.4, 0.5) is 5.69 Å². The summed E-state index contributed by atoms with van der Waals surface area (Å²) in [4.78, 5) is 121. The van der Waals surface area contributed by atoms with Gasteiger partial charge >= 0.3 is 5.63 Å². The molecule has 1 N–H and O–H groups in total. The zero-order valence-corrected chi connectivity index (χ0v) is 36.8. The van der Waals surface area contributed by atoms with Crippen molar-refractivity contribution in [3.05, 3.63) is 51.1 Å². The largest absolute Gasteiger partial charge is 0.512 e. The molecule has 7 aliphatic rings. The third-order valence-electron chi connectivity index (χ3n) is 14.6. The number of ketones is 1. The quantitative estimate of drug-likeness (QED) is 0.221. The van der Waals surface area contributed by atoms with E-state index >= 15 is 0 Å². The number of nitrogens with zero attached hydrogens (tertiary/aromatic N) is 7. The van der Waals surface area contributed by atoms with E-state index in [0.29, 0.717) is 109 Å². The lowest BCUT2D eigenvalue weighted by Crippen LogP contribution is -2.58. The lowest BCUT2D eigenvalue weighted by atomic mass is 9.90. The molecule has 9 rings (SSSR count). The number of anilines is 1. The molecule has 1 aromatic carbocycles. The first-order chi connectivity index (χ1) is 30.9. The molecule has 4 unspecified atom stereocenters. The van der Waals surface area contributed by atoms with E-state index in [1.807, 2.05) is 6.07 Å². The minimum absolute atomic E-state index is 0.0454. The third kappa shape index (κ3) is 8.14. The van der Waals surface area contributed by atoms with Gasteiger partial charge in [-0.1, -0.05) is 0 Å². The molecule has 0 spiro atoms. The fourth-order valence-corrected chi connectivity index (χ4v) is 11.5. The summed E-state index contributed by atoms with van der Waals surface area (Å²) in [6.07, 6.45) is 9.11. The number of benzene rings is 1. The normalized spacial score (nSPS) is 24.8. The molecule has 6 amide bonds. The van der Waals surface area contributed by atoms with Crippen molar-refractivity contribution in [2.45, 2.75) is 121 Å². The Morgan fingerprint density at radius 3 is 1.72 bits per heavy atom. The second-order valence-corrected chi connectivity index (χ2v) is 18.6. The van der Waals surface area contributed by atoms with Gasteiger partial charge in [0.25, 0.3) is 5.91 Å². The van der Waals surface area contributed by atoms with E-state index in [1.165, 1.54) is 23.1 Å². The van der Waals surface area contributed by atoms with Gasteiger partial charge in [-0.25, -0.2) is 4.79 Å². The first-order valence-electron chi connectivity index (χ1n) is 23.5. The first kappa shape index (κ1) is 43.5. The van der Waals surface area contributed by atoms with Gasteiger partial charge < -0.3 is 43.8 Å². The molecule has 0 aliphatic carbocycles. The molecule has 7 aliphatic heterocycles. The van der Waals surface area contributed by atoms with E-state index in [0.717, 1.165) is 55.8 Å². The first-order valence-corrected chi connectivity index (χ1v) is 23.5. The second-order valence-electron chi connectivity index (χ2n) is 18.6. The van der Waals surface area contributed by atoms with Crippen molar-refractivity contribution in [1.29, 1.82) is 0 Å². The standard InChI is InChI=1S/C47H59N7O10/c1-29(55)26-32(56)14-15-39(57)48-22-24-50(25-23-48)43(59)35-10-4-19-52(35)45(61)37-12-6-21-54(37)46(62)38-13-7-20-53(38)44(60)36-11-5-18-51(36)42(58)34-28-31-27-30-8-2-16-49-17-3-9-33(40(30)49)41(31)64-47(34)63/h26-28,35-38,56H,2-25H2,1H3/b32-26+. The van der Waals surface area contributed by atoms with Crippen LogP contribution >= 0.6 is 0 Å². The van der Waals surface area contributed by atoms with E-state index in [-0.39, 0.29) is 59.5 Å². The van der Waals surface area contributed by atoms with Gasteiger partial charge in [0, 0.05) is 101 Å². The van der Waals surface area contributed by atoms with Crippen LogP contribution in [0.3, 0.4) is 0 Å². The number of carbonyl (C=O) groups excluding carboxylic acids is 7. The van der Waals surface area contributed by atoms with Crippen molar-refractivity contribution in [2.24, 2.45) is 0 Å². The Morgan fingerprint density at radius 2 is 1.14 bits per heavy atom. The summed E-state index contributed by atoms with van der Waals surface area (Å²) in [7, 11) is 0. The molecule has 0 radical (unpaired) electrons. The van der Waals surface area contributed by atoms with Crippen LogP contribution in [0.1, 0.15) is 105 Å². The van der Waals surface area contributed by atoms with Crippen LogP contribution in [-0.4, -0.2) is 165 Å². The Bertz CT molecular complexity index is 2350. The molecule has 64 heavy (non-hydrogen) atoms. The predicted molar refractivity (Wildman–Crippen MR) is 233 cm³/mol. The molecule has 0 bridgehead atoms. The van der Waals surface area contributed by atoms with E-state index in [9.17, 15) is 43.5 Å². The molecule has 342 valence electrons. The molecule has 1 aromatic heterocycles. The molecule has 0 saturated carbocycles. The number of aliphatic hydroxyl groups excluding tert-OH is 1. The fraction of sp³-hybridized carbons (Fsp3) is 0.617. The van der Waals surface area contributed by atoms with Crippen LogP contribution in [0.2, 0.25) is 0 Å². The average Bonchev–Trinajstić information content (AvgIpc) is 4.15. The van der Waals surface area contributed by atoms with Gasteiger partial charge in [0.1, 0.15) is 35.3 Å². The monoisotopic (exact) mass is 881 g/mol. The number of hydrogen-bond acceptors (Lipinski definition) is 11. The van der Waals surface area contributed by atoms with Gasteiger partial charge in [-0.05, 0) is 102 Å². The Morgan fingerprint density at radius 1 is 0.625 bits per heavy atom. The van der Waals surface area contributed by atoms with Crippen molar-refractivity contribution >= 4 is 57.9 Å². The third-order valence-corrected chi connectivity index (χ3v) is 14.6. The number of aliphatic hydroxyl groups is 1. The number of piperazine rings is 1. The van der Waals surface area contributed by atoms with Gasteiger partial charge in [-0.15, -0.1) is 0 Å². The van der Waals surface area contributed by atoms with Crippen LogP contribution in [0.5, 0.6) is 0 Å². The van der Waals surface area contributed by atoms with Crippen LogP contribution < -0.4 is 10.5 Å². The van der Waals surface area contributed by atoms with Gasteiger partial charge in [0.2, 0.25) is 29.5 Å². The Kier molecular flexibility index (Phi) is 12.3. The van der Waals surface area contributed by atoms with Crippen molar-refractivity contribution < 1.29 is 43.1 Å². The van der Waals surface area contributed by atoms with Gasteiger partial charge in [0.15, 0.2) is 5.78 Å². The minimum Gasteiger partial charge on any atom is -0.512 e. The van der Waals surface area contributed by atoms with Crippen molar-refractivity contribution in [2.75, 3.05) is 70.3 Å². The van der Waals surface area contributed by atoms with Gasteiger partial charge in [-0.3, -0.25) is 33.6 Å². The van der Waals surface area contributed by atoms with Gasteiger partial charge in [0.05, 0.1) is 5.76 Å².